The summed E-state index contributed by atoms with van der Waals surface area (Å²) in [6.07, 6.45) is 1.63. The first kappa shape index (κ1) is 18.6. The maximum Gasteiger partial charge on any atom is 0.255 e. The fraction of sp³-hybridized carbons (Fsp3) is 0.350. The molecule has 0 aromatic heterocycles. The van der Waals surface area contributed by atoms with E-state index in [1.54, 1.807) is 30.5 Å². The Morgan fingerprint density at radius 3 is 2.31 bits per heavy atom. The lowest BCUT2D eigenvalue weighted by Crippen LogP contribution is -2.46. The maximum absolute atomic E-state index is 12.6. The number of rotatable bonds is 5. The van der Waals surface area contributed by atoms with Gasteiger partial charge in [-0.3, -0.25) is 9.00 Å². The summed E-state index contributed by atoms with van der Waals surface area (Å²) in [5.41, 5.74) is 2.44. The van der Waals surface area contributed by atoms with Crippen molar-refractivity contribution in [1.29, 1.82) is 0 Å². The van der Waals surface area contributed by atoms with Crippen molar-refractivity contribution in [3.8, 4) is 0 Å². The van der Waals surface area contributed by atoms with Crippen LogP contribution in [0.15, 0.2) is 53.4 Å². The monoisotopic (exact) mass is 371 g/mol. The van der Waals surface area contributed by atoms with Crippen LogP contribution < -0.4 is 10.2 Å². The number of benzene rings is 2. The Morgan fingerprint density at radius 1 is 1.04 bits per heavy atom. The molecule has 0 bridgehead atoms. The highest BCUT2D eigenvalue weighted by atomic mass is 32.2. The average molecular weight is 372 g/mol. The number of para-hydroxylation sites is 2. The molecule has 1 atom stereocenters. The summed E-state index contributed by atoms with van der Waals surface area (Å²) in [5, 5.41) is 3.03. The first-order valence-corrected chi connectivity index (χ1v) is 10.5. The highest BCUT2D eigenvalue weighted by molar-refractivity contribution is 7.84. The van der Waals surface area contributed by atoms with E-state index < -0.39 is 10.8 Å². The van der Waals surface area contributed by atoms with Crippen LogP contribution in [0, 0.1) is 0 Å². The molecule has 2 aromatic carbocycles. The van der Waals surface area contributed by atoms with Gasteiger partial charge in [-0.25, -0.2) is 0 Å². The second-order valence-electron chi connectivity index (χ2n) is 6.37. The summed E-state index contributed by atoms with van der Waals surface area (Å²) in [7, 11) is -1.04. The van der Waals surface area contributed by atoms with Crippen molar-refractivity contribution in [2.24, 2.45) is 0 Å². The minimum Gasteiger partial charge on any atom is -0.367 e. The lowest BCUT2D eigenvalue weighted by Gasteiger charge is -2.36. The summed E-state index contributed by atoms with van der Waals surface area (Å²) in [5.74, 6) is -0.155. The second-order valence-corrected chi connectivity index (χ2v) is 7.75. The summed E-state index contributed by atoms with van der Waals surface area (Å²) in [6.45, 7) is 7.24. The van der Waals surface area contributed by atoms with Crippen LogP contribution in [0.2, 0.25) is 0 Å². The zero-order chi connectivity index (χ0) is 18.5. The molecule has 0 saturated carbocycles. The molecule has 1 saturated heterocycles. The largest absolute Gasteiger partial charge is 0.367 e. The zero-order valence-corrected chi connectivity index (χ0v) is 16.1. The van der Waals surface area contributed by atoms with Crippen LogP contribution in [0.5, 0.6) is 0 Å². The Kier molecular flexibility index (Phi) is 6.06. The van der Waals surface area contributed by atoms with Crippen molar-refractivity contribution >= 4 is 28.1 Å². The van der Waals surface area contributed by atoms with Gasteiger partial charge in [0.05, 0.1) is 11.4 Å². The molecular weight excluding hydrogens is 346 g/mol. The Morgan fingerprint density at radius 2 is 1.69 bits per heavy atom. The smallest absolute Gasteiger partial charge is 0.255 e. The molecule has 0 aliphatic carbocycles. The molecule has 1 N–H and O–H groups in total. The standard InChI is InChI=1S/C20H25N3O2S/c1-3-22-12-14-23(15-13-22)19-7-5-4-6-18(19)21-20(24)16-8-10-17(11-9-16)26(2)25/h4-11H,3,12-15H2,1-2H3,(H,21,24). The number of carbonyl (C=O) groups is 1. The SMILES string of the molecule is CCN1CCN(c2ccccc2NC(=O)c2ccc(S(C)=O)cc2)CC1. The van der Waals surface area contributed by atoms with Crippen LogP contribution in [0.1, 0.15) is 17.3 Å². The van der Waals surface area contributed by atoms with Gasteiger partial charge in [0.2, 0.25) is 0 Å². The quantitative estimate of drug-likeness (QED) is 0.878. The minimum absolute atomic E-state index is 0.155. The molecule has 3 rings (SSSR count). The average Bonchev–Trinajstić information content (AvgIpc) is 2.68. The lowest BCUT2D eigenvalue weighted by molar-refractivity contribution is 0.102. The number of likely N-dealkylation sites (N-methyl/N-ethyl adjacent to an activating group) is 1. The van der Waals surface area contributed by atoms with E-state index in [0.29, 0.717) is 5.56 Å². The fourth-order valence-electron chi connectivity index (χ4n) is 3.15. The van der Waals surface area contributed by atoms with Crippen molar-refractivity contribution in [1.82, 2.24) is 4.90 Å². The molecular formula is C20H25N3O2S. The molecule has 0 spiro atoms. The number of piperazine rings is 1. The topological polar surface area (TPSA) is 52.6 Å². The van der Waals surface area contributed by atoms with Gasteiger partial charge in [-0.15, -0.1) is 0 Å². The molecule has 2 aromatic rings. The van der Waals surface area contributed by atoms with Gasteiger partial charge >= 0.3 is 0 Å². The minimum atomic E-state index is -1.04. The Hall–Kier alpha value is -2.18. The highest BCUT2D eigenvalue weighted by Gasteiger charge is 2.19. The predicted octanol–water partition coefficient (Wildman–Crippen LogP) is 2.82. The van der Waals surface area contributed by atoms with Crippen LogP contribution in [-0.2, 0) is 10.8 Å². The molecule has 1 unspecified atom stereocenters. The third-order valence-corrected chi connectivity index (χ3v) is 5.70. The summed E-state index contributed by atoms with van der Waals surface area (Å²) < 4.78 is 11.5. The molecule has 5 nitrogen and oxygen atoms in total. The Labute approximate surface area is 157 Å². The van der Waals surface area contributed by atoms with E-state index in [2.05, 4.69) is 28.1 Å². The summed E-state index contributed by atoms with van der Waals surface area (Å²) >= 11 is 0. The molecule has 6 heteroatoms. The molecule has 1 fully saturated rings. The van der Waals surface area contributed by atoms with Gasteiger partial charge in [0.1, 0.15) is 0 Å². The van der Waals surface area contributed by atoms with Gasteiger partial charge in [-0.2, -0.15) is 0 Å². The number of nitrogens with one attached hydrogen (secondary N) is 1. The molecule has 1 aliphatic heterocycles. The van der Waals surface area contributed by atoms with Crippen molar-refractivity contribution in [3.05, 3.63) is 54.1 Å². The van der Waals surface area contributed by atoms with E-state index in [1.165, 1.54) is 0 Å². The molecule has 1 heterocycles. The number of anilines is 2. The number of carbonyl (C=O) groups excluding carboxylic acids is 1. The number of nitrogens with zero attached hydrogens (tertiary/aromatic N) is 2. The molecule has 0 radical (unpaired) electrons. The maximum atomic E-state index is 12.6. The van der Waals surface area contributed by atoms with Gasteiger partial charge in [0, 0.05) is 53.7 Å². The molecule has 26 heavy (non-hydrogen) atoms. The van der Waals surface area contributed by atoms with Gasteiger partial charge in [-0.05, 0) is 42.9 Å². The molecule has 1 aliphatic rings. The third-order valence-electron chi connectivity index (χ3n) is 4.76. The molecule has 138 valence electrons. The normalized spacial score (nSPS) is 16.3. The van der Waals surface area contributed by atoms with E-state index in [0.717, 1.165) is 49.0 Å². The number of amides is 1. The van der Waals surface area contributed by atoms with E-state index in [-0.39, 0.29) is 5.91 Å². The van der Waals surface area contributed by atoms with Gasteiger partial charge in [-0.1, -0.05) is 19.1 Å². The van der Waals surface area contributed by atoms with Gasteiger partial charge < -0.3 is 15.1 Å². The van der Waals surface area contributed by atoms with E-state index in [1.807, 2.05) is 18.2 Å². The molecule has 1 amide bonds. The van der Waals surface area contributed by atoms with Crippen LogP contribution in [0.4, 0.5) is 11.4 Å². The van der Waals surface area contributed by atoms with Crippen molar-refractivity contribution in [3.63, 3.8) is 0 Å². The zero-order valence-electron chi connectivity index (χ0n) is 15.3. The third kappa shape index (κ3) is 4.31. The van der Waals surface area contributed by atoms with E-state index in [4.69, 9.17) is 0 Å². The van der Waals surface area contributed by atoms with E-state index >= 15 is 0 Å². The Balaban J connectivity index is 1.74. The van der Waals surface area contributed by atoms with E-state index in [9.17, 15) is 9.00 Å². The van der Waals surface area contributed by atoms with Crippen LogP contribution >= 0.6 is 0 Å². The lowest BCUT2D eigenvalue weighted by atomic mass is 10.1. The second kappa shape index (κ2) is 8.47. The highest BCUT2D eigenvalue weighted by Crippen LogP contribution is 2.27. The van der Waals surface area contributed by atoms with Gasteiger partial charge in [0.15, 0.2) is 0 Å². The van der Waals surface area contributed by atoms with Crippen molar-refractivity contribution in [2.75, 3.05) is 49.2 Å². The predicted molar refractivity (Wildman–Crippen MR) is 107 cm³/mol. The van der Waals surface area contributed by atoms with Crippen LogP contribution in [-0.4, -0.2) is 54.0 Å². The Bertz CT molecular complexity index is 784. The van der Waals surface area contributed by atoms with Gasteiger partial charge in [0.25, 0.3) is 5.91 Å². The summed E-state index contributed by atoms with van der Waals surface area (Å²) in [6, 6.07) is 14.8. The van der Waals surface area contributed by atoms with Crippen molar-refractivity contribution < 1.29 is 9.00 Å². The number of hydrogen-bond acceptors (Lipinski definition) is 4. The first-order chi connectivity index (χ1) is 12.6. The first-order valence-electron chi connectivity index (χ1n) is 8.89. The van der Waals surface area contributed by atoms with Crippen LogP contribution in [0.25, 0.3) is 0 Å². The van der Waals surface area contributed by atoms with Crippen molar-refractivity contribution in [2.45, 2.75) is 11.8 Å². The number of hydrogen-bond donors (Lipinski definition) is 1. The fourth-order valence-corrected chi connectivity index (χ4v) is 3.67. The summed E-state index contributed by atoms with van der Waals surface area (Å²) in [4.78, 5) is 18.1. The van der Waals surface area contributed by atoms with Crippen LogP contribution in [0.3, 0.4) is 0 Å².